The van der Waals surface area contributed by atoms with Crippen LogP contribution in [0.25, 0.3) is 0 Å². The molecule has 2 unspecified atom stereocenters. The Bertz CT molecular complexity index is 389. The second kappa shape index (κ2) is 5.09. The minimum Gasteiger partial charge on any atom is -0.507 e. The van der Waals surface area contributed by atoms with Crippen molar-refractivity contribution >= 4 is 0 Å². The highest BCUT2D eigenvalue weighted by atomic mass is 16.3. The fourth-order valence-electron chi connectivity index (χ4n) is 2.71. The summed E-state index contributed by atoms with van der Waals surface area (Å²) >= 11 is 0. The van der Waals surface area contributed by atoms with Gasteiger partial charge < -0.3 is 5.11 Å². The molecule has 1 aromatic carbocycles. The number of benzene rings is 1. The van der Waals surface area contributed by atoms with E-state index in [2.05, 4.69) is 18.7 Å². The number of phenols is 1. The number of phenolic OH excluding ortho intramolecular Hbond substituents is 1. The zero-order valence-electron chi connectivity index (χ0n) is 11.1. The van der Waals surface area contributed by atoms with Crippen LogP contribution in [0.5, 0.6) is 5.75 Å². The lowest BCUT2D eigenvalue weighted by Crippen LogP contribution is -2.41. The van der Waals surface area contributed by atoms with E-state index >= 15 is 0 Å². The third kappa shape index (κ3) is 2.63. The maximum absolute atomic E-state index is 10.1. The van der Waals surface area contributed by atoms with Gasteiger partial charge in [-0.05, 0) is 44.7 Å². The number of rotatable bonds is 2. The summed E-state index contributed by atoms with van der Waals surface area (Å²) in [5, 5.41) is 10.1. The van der Waals surface area contributed by atoms with E-state index in [0.717, 1.165) is 30.1 Å². The molecule has 0 aliphatic carbocycles. The Morgan fingerprint density at radius 2 is 2.12 bits per heavy atom. The maximum atomic E-state index is 10.1. The molecule has 1 aliphatic rings. The number of hydrogen-bond donors (Lipinski definition) is 1. The summed E-state index contributed by atoms with van der Waals surface area (Å²) < 4.78 is 0. The first-order valence-corrected chi connectivity index (χ1v) is 6.61. The average molecular weight is 233 g/mol. The van der Waals surface area contributed by atoms with Crippen LogP contribution in [0, 0.1) is 12.8 Å². The highest BCUT2D eigenvalue weighted by molar-refractivity contribution is 5.39. The molecule has 2 rings (SSSR count). The molecule has 1 aromatic rings. The van der Waals surface area contributed by atoms with Gasteiger partial charge in [0, 0.05) is 18.2 Å². The van der Waals surface area contributed by atoms with Gasteiger partial charge in [-0.2, -0.15) is 0 Å². The molecule has 2 heteroatoms. The van der Waals surface area contributed by atoms with Crippen molar-refractivity contribution in [3.8, 4) is 5.75 Å². The zero-order valence-corrected chi connectivity index (χ0v) is 11.1. The molecule has 0 saturated carbocycles. The van der Waals surface area contributed by atoms with Gasteiger partial charge in [0.25, 0.3) is 0 Å². The minimum atomic E-state index is 0.470. The molecule has 1 aliphatic heterocycles. The van der Waals surface area contributed by atoms with Crippen molar-refractivity contribution in [3.63, 3.8) is 0 Å². The van der Waals surface area contributed by atoms with Gasteiger partial charge >= 0.3 is 0 Å². The first kappa shape index (κ1) is 12.4. The Labute approximate surface area is 104 Å². The number of nitrogens with zero attached hydrogens (tertiary/aromatic N) is 1. The van der Waals surface area contributed by atoms with Crippen molar-refractivity contribution in [1.29, 1.82) is 0 Å². The highest BCUT2D eigenvalue weighted by Crippen LogP contribution is 2.28. The average Bonchev–Trinajstić information content (AvgIpc) is 2.31. The molecular formula is C15H23NO. The molecule has 1 heterocycles. The summed E-state index contributed by atoms with van der Waals surface area (Å²) in [6.07, 6.45) is 2.61. The Morgan fingerprint density at radius 1 is 1.35 bits per heavy atom. The summed E-state index contributed by atoms with van der Waals surface area (Å²) in [7, 11) is 0. The predicted molar refractivity (Wildman–Crippen MR) is 71.1 cm³/mol. The summed E-state index contributed by atoms with van der Waals surface area (Å²) in [6, 6.07) is 6.64. The van der Waals surface area contributed by atoms with E-state index in [-0.39, 0.29) is 0 Å². The van der Waals surface area contributed by atoms with E-state index in [1.54, 1.807) is 0 Å². The SMILES string of the molecule is Cc1cccc(CN2CCCC(C)C2C)c1O. The van der Waals surface area contributed by atoms with Gasteiger partial charge in [-0.25, -0.2) is 0 Å². The summed E-state index contributed by atoms with van der Waals surface area (Å²) in [5.41, 5.74) is 2.03. The van der Waals surface area contributed by atoms with Crippen LogP contribution in [0.15, 0.2) is 18.2 Å². The zero-order chi connectivity index (χ0) is 12.4. The molecule has 0 radical (unpaired) electrons. The molecule has 2 atom stereocenters. The van der Waals surface area contributed by atoms with Crippen LogP contribution in [0.4, 0.5) is 0 Å². The number of para-hydroxylation sites is 1. The molecule has 0 aromatic heterocycles. The second-order valence-electron chi connectivity index (χ2n) is 5.41. The van der Waals surface area contributed by atoms with E-state index in [4.69, 9.17) is 0 Å². The van der Waals surface area contributed by atoms with Crippen LogP contribution in [0.1, 0.15) is 37.8 Å². The molecule has 1 saturated heterocycles. The van der Waals surface area contributed by atoms with Crippen molar-refractivity contribution in [2.24, 2.45) is 5.92 Å². The number of aromatic hydroxyl groups is 1. The van der Waals surface area contributed by atoms with Gasteiger partial charge in [-0.3, -0.25) is 4.90 Å². The van der Waals surface area contributed by atoms with Crippen LogP contribution < -0.4 is 0 Å². The summed E-state index contributed by atoms with van der Waals surface area (Å²) in [5.74, 6) is 1.23. The molecular weight excluding hydrogens is 210 g/mol. The van der Waals surface area contributed by atoms with E-state index in [1.165, 1.54) is 12.8 Å². The van der Waals surface area contributed by atoms with Crippen molar-refractivity contribution in [1.82, 2.24) is 4.90 Å². The van der Waals surface area contributed by atoms with Gasteiger partial charge in [-0.15, -0.1) is 0 Å². The van der Waals surface area contributed by atoms with E-state index in [9.17, 15) is 5.11 Å². The van der Waals surface area contributed by atoms with E-state index in [1.807, 2.05) is 25.1 Å². The van der Waals surface area contributed by atoms with Crippen LogP contribution >= 0.6 is 0 Å². The predicted octanol–water partition coefficient (Wildman–Crippen LogP) is 3.32. The second-order valence-corrected chi connectivity index (χ2v) is 5.41. The molecule has 0 bridgehead atoms. The maximum Gasteiger partial charge on any atom is 0.122 e. The normalized spacial score (nSPS) is 26.1. The monoisotopic (exact) mass is 233 g/mol. The molecule has 94 valence electrons. The van der Waals surface area contributed by atoms with Gasteiger partial charge in [0.1, 0.15) is 5.75 Å². The first-order chi connectivity index (χ1) is 8.09. The lowest BCUT2D eigenvalue weighted by molar-refractivity contribution is 0.105. The first-order valence-electron chi connectivity index (χ1n) is 6.61. The smallest absolute Gasteiger partial charge is 0.122 e. The number of hydrogen-bond acceptors (Lipinski definition) is 2. The number of likely N-dealkylation sites (tertiary alicyclic amines) is 1. The van der Waals surface area contributed by atoms with Gasteiger partial charge in [-0.1, -0.05) is 25.1 Å². The molecule has 1 fully saturated rings. The van der Waals surface area contributed by atoms with Crippen molar-refractivity contribution in [2.45, 2.75) is 46.2 Å². The Morgan fingerprint density at radius 3 is 2.88 bits per heavy atom. The van der Waals surface area contributed by atoms with Gasteiger partial charge in [0.2, 0.25) is 0 Å². The molecule has 17 heavy (non-hydrogen) atoms. The van der Waals surface area contributed by atoms with Crippen LogP contribution in [0.2, 0.25) is 0 Å². The van der Waals surface area contributed by atoms with Crippen LogP contribution in [-0.2, 0) is 6.54 Å². The van der Waals surface area contributed by atoms with Crippen molar-refractivity contribution in [3.05, 3.63) is 29.3 Å². The van der Waals surface area contributed by atoms with E-state index < -0.39 is 0 Å². The summed E-state index contributed by atoms with van der Waals surface area (Å²) in [6.45, 7) is 8.61. The topological polar surface area (TPSA) is 23.5 Å². The third-order valence-electron chi connectivity index (χ3n) is 4.20. The number of piperidine rings is 1. The minimum absolute atomic E-state index is 0.470. The van der Waals surface area contributed by atoms with Gasteiger partial charge in [0.15, 0.2) is 0 Å². The Hall–Kier alpha value is -1.02. The Balaban J connectivity index is 2.12. The van der Waals surface area contributed by atoms with Crippen LogP contribution in [0.3, 0.4) is 0 Å². The lowest BCUT2D eigenvalue weighted by Gasteiger charge is -2.38. The van der Waals surface area contributed by atoms with Crippen LogP contribution in [-0.4, -0.2) is 22.6 Å². The molecule has 2 nitrogen and oxygen atoms in total. The quantitative estimate of drug-likeness (QED) is 0.847. The van der Waals surface area contributed by atoms with Gasteiger partial charge in [0.05, 0.1) is 0 Å². The summed E-state index contributed by atoms with van der Waals surface area (Å²) in [4.78, 5) is 2.49. The number of aryl methyl sites for hydroxylation is 1. The fraction of sp³-hybridized carbons (Fsp3) is 0.600. The molecule has 0 spiro atoms. The fourth-order valence-corrected chi connectivity index (χ4v) is 2.71. The standard InChI is InChI=1S/C15H23NO/c1-11-7-5-9-16(13(11)3)10-14-8-4-6-12(2)15(14)17/h4,6,8,11,13,17H,5,7,9-10H2,1-3H3. The Kier molecular flexibility index (Phi) is 3.72. The molecule has 1 N–H and O–H groups in total. The lowest BCUT2D eigenvalue weighted by atomic mass is 9.91. The molecule has 0 amide bonds. The highest BCUT2D eigenvalue weighted by Gasteiger charge is 2.25. The van der Waals surface area contributed by atoms with Crippen molar-refractivity contribution < 1.29 is 5.11 Å². The van der Waals surface area contributed by atoms with Crippen molar-refractivity contribution in [2.75, 3.05) is 6.54 Å². The largest absolute Gasteiger partial charge is 0.507 e. The third-order valence-corrected chi connectivity index (χ3v) is 4.20. The van der Waals surface area contributed by atoms with E-state index in [0.29, 0.717) is 11.8 Å².